The lowest BCUT2D eigenvalue weighted by atomic mass is 10.3. The Bertz CT molecular complexity index is 341. The standard InChI is InChI=1S/C6H7N2O2S/c7-5-1-3-6(4-2-5)11(8,9)10/h1-4,8H,7H2. The number of hydrogen-bond donors (Lipinski definition) is 1. The maximum Gasteiger partial charge on any atom is 0.254 e. The highest BCUT2D eigenvalue weighted by molar-refractivity contribution is 7.88. The molecule has 0 saturated carbocycles. The van der Waals surface area contributed by atoms with Crippen LogP contribution >= 0.6 is 0 Å². The quantitative estimate of drug-likeness (QED) is 0.614. The number of hydrogen-bond acceptors (Lipinski definition) is 3. The van der Waals surface area contributed by atoms with Gasteiger partial charge in [-0.1, -0.05) is 0 Å². The lowest BCUT2D eigenvalue weighted by molar-refractivity contribution is 0.596. The van der Waals surface area contributed by atoms with E-state index in [0.717, 1.165) is 0 Å². The maximum absolute atomic E-state index is 10.6. The summed E-state index contributed by atoms with van der Waals surface area (Å²) in [7, 11) is -3.83. The Kier molecular flexibility index (Phi) is 1.84. The molecule has 0 bridgehead atoms. The maximum atomic E-state index is 10.6. The fourth-order valence-electron chi connectivity index (χ4n) is 0.647. The Morgan fingerprint density at radius 3 is 2.00 bits per heavy atom. The SMILES string of the molecule is [NH]S(=O)(=O)c1ccc(N)cc1. The molecule has 3 N–H and O–H groups in total. The lowest BCUT2D eigenvalue weighted by Crippen LogP contribution is -2.00. The normalized spacial score (nSPS) is 11.4. The molecule has 0 unspecified atom stereocenters. The molecule has 0 aliphatic carbocycles. The van der Waals surface area contributed by atoms with Crippen LogP contribution in [0.4, 0.5) is 5.69 Å². The minimum Gasteiger partial charge on any atom is -0.399 e. The third-order valence-electron chi connectivity index (χ3n) is 1.19. The van der Waals surface area contributed by atoms with Crippen molar-refractivity contribution >= 4 is 15.7 Å². The fourth-order valence-corrected chi connectivity index (χ4v) is 1.14. The summed E-state index contributed by atoms with van der Waals surface area (Å²) in [5, 5.41) is 6.67. The number of anilines is 1. The molecule has 0 spiro atoms. The number of nitrogen functional groups attached to an aromatic ring is 1. The molecule has 5 heteroatoms. The Labute approximate surface area is 64.9 Å². The second-order valence-electron chi connectivity index (χ2n) is 2.07. The third kappa shape index (κ3) is 1.92. The summed E-state index contributed by atoms with van der Waals surface area (Å²) < 4.78 is 21.1. The van der Waals surface area contributed by atoms with Crippen molar-refractivity contribution in [2.24, 2.45) is 0 Å². The van der Waals surface area contributed by atoms with E-state index in [4.69, 9.17) is 10.9 Å². The molecule has 1 aromatic carbocycles. The van der Waals surface area contributed by atoms with E-state index in [2.05, 4.69) is 0 Å². The molecule has 0 aromatic heterocycles. The minimum absolute atomic E-state index is 0.0355. The summed E-state index contributed by atoms with van der Waals surface area (Å²) in [4.78, 5) is -0.0355. The topological polar surface area (TPSA) is 84.0 Å². The number of benzene rings is 1. The fraction of sp³-hybridized carbons (Fsp3) is 0. The van der Waals surface area contributed by atoms with Crippen LogP contribution in [0, 0.1) is 0 Å². The molecule has 0 aliphatic heterocycles. The van der Waals surface area contributed by atoms with Gasteiger partial charge in [-0.15, -0.1) is 5.14 Å². The molecule has 1 aromatic rings. The molecule has 0 atom stereocenters. The van der Waals surface area contributed by atoms with Crippen LogP contribution in [-0.4, -0.2) is 8.42 Å². The van der Waals surface area contributed by atoms with Gasteiger partial charge >= 0.3 is 0 Å². The van der Waals surface area contributed by atoms with Gasteiger partial charge in [-0.3, -0.25) is 0 Å². The Morgan fingerprint density at radius 2 is 1.64 bits per heavy atom. The second-order valence-corrected chi connectivity index (χ2v) is 3.55. The van der Waals surface area contributed by atoms with Gasteiger partial charge in [0, 0.05) is 5.69 Å². The smallest absolute Gasteiger partial charge is 0.254 e. The molecule has 4 nitrogen and oxygen atoms in total. The van der Waals surface area contributed by atoms with E-state index in [-0.39, 0.29) is 4.90 Å². The predicted octanol–water partition coefficient (Wildman–Crippen LogP) is 0.240. The Hall–Kier alpha value is -1.07. The summed E-state index contributed by atoms with van der Waals surface area (Å²) in [6, 6.07) is 5.50. The van der Waals surface area contributed by atoms with Crippen LogP contribution < -0.4 is 10.9 Å². The molecule has 1 radical (unpaired) electrons. The molecule has 1 rings (SSSR count). The van der Waals surface area contributed by atoms with Crippen LogP contribution in [0.25, 0.3) is 0 Å². The summed E-state index contributed by atoms with van der Waals surface area (Å²) in [5.41, 5.74) is 5.80. The summed E-state index contributed by atoms with van der Waals surface area (Å²) in [5.74, 6) is 0. The molecule has 59 valence electrons. The average Bonchev–Trinajstić information content (AvgIpc) is 1.86. The van der Waals surface area contributed by atoms with Gasteiger partial charge in [0.1, 0.15) is 0 Å². The first-order chi connectivity index (χ1) is 5.00. The number of rotatable bonds is 1. The van der Waals surface area contributed by atoms with Crippen LogP contribution in [-0.2, 0) is 10.0 Å². The molecule has 11 heavy (non-hydrogen) atoms. The zero-order chi connectivity index (χ0) is 8.48. The van der Waals surface area contributed by atoms with Crippen molar-refractivity contribution < 1.29 is 8.42 Å². The van der Waals surface area contributed by atoms with E-state index < -0.39 is 10.0 Å². The highest BCUT2D eigenvalue weighted by atomic mass is 32.2. The molecule has 0 saturated heterocycles. The minimum atomic E-state index is -3.83. The van der Waals surface area contributed by atoms with Crippen molar-refractivity contribution in [3.8, 4) is 0 Å². The zero-order valence-corrected chi connectivity index (χ0v) is 6.43. The Morgan fingerprint density at radius 1 is 1.18 bits per heavy atom. The zero-order valence-electron chi connectivity index (χ0n) is 5.61. The molecule has 0 aliphatic rings. The predicted molar refractivity (Wildman–Crippen MR) is 41.1 cm³/mol. The van der Waals surface area contributed by atoms with Crippen LogP contribution in [0.15, 0.2) is 29.2 Å². The van der Waals surface area contributed by atoms with Gasteiger partial charge in [0.05, 0.1) is 4.90 Å². The van der Waals surface area contributed by atoms with Gasteiger partial charge in [0.2, 0.25) is 0 Å². The van der Waals surface area contributed by atoms with Crippen molar-refractivity contribution in [2.45, 2.75) is 4.90 Å². The van der Waals surface area contributed by atoms with Gasteiger partial charge in [0.25, 0.3) is 10.0 Å². The van der Waals surface area contributed by atoms with E-state index in [1.807, 2.05) is 0 Å². The molecular weight excluding hydrogens is 164 g/mol. The van der Waals surface area contributed by atoms with Crippen LogP contribution in [0.5, 0.6) is 0 Å². The van der Waals surface area contributed by atoms with Crippen LogP contribution in [0.1, 0.15) is 0 Å². The average molecular weight is 171 g/mol. The van der Waals surface area contributed by atoms with Crippen molar-refractivity contribution in [1.82, 2.24) is 5.14 Å². The van der Waals surface area contributed by atoms with E-state index in [9.17, 15) is 8.42 Å². The van der Waals surface area contributed by atoms with Crippen molar-refractivity contribution in [1.29, 1.82) is 0 Å². The number of nitrogens with two attached hydrogens (primary N) is 1. The first-order valence-electron chi connectivity index (χ1n) is 2.85. The molecule has 0 heterocycles. The highest BCUT2D eigenvalue weighted by Gasteiger charge is 2.06. The van der Waals surface area contributed by atoms with Crippen molar-refractivity contribution in [3.63, 3.8) is 0 Å². The van der Waals surface area contributed by atoms with Gasteiger partial charge in [0.15, 0.2) is 0 Å². The summed E-state index contributed by atoms with van der Waals surface area (Å²) >= 11 is 0. The van der Waals surface area contributed by atoms with Gasteiger partial charge < -0.3 is 5.73 Å². The van der Waals surface area contributed by atoms with Crippen molar-refractivity contribution in [3.05, 3.63) is 24.3 Å². The largest absolute Gasteiger partial charge is 0.399 e. The van der Waals surface area contributed by atoms with Gasteiger partial charge in [-0.25, -0.2) is 8.42 Å². The monoisotopic (exact) mass is 171 g/mol. The third-order valence-corrected chi connectivity index (χ3v) is 2.08. The van der Waals surface area contributed by atoms with Gasteiger partial charge in [-0.2, -0.15) is 0 Å². The van der Waals surface area contributed by atoms with Crippen LogP contribution in [0.3, 0.4) is 0 Å². The number of sulfonamides is 1. The van der Waals surface area contributed by atoms with E-state index in [1.165, 1.54) is 24.3 Å². The summed E-state index contributed by atoms with van der Waals surface area (Å²) in [6.45, 7) is 0. The van der Waals surface area contributed by atoms with Gasteiger partial charge in [-0.05, 0) is 24.3 Å². The lowest BCUT2D eigenvalue weighted by Gasteiger charge is -1.95. The Balaban J connectivity index is 3.20. The summed E-state index contributed by atoms with van der Waals surface area (Å²) in [6.07, 6.45) is 0. The first kappa shape index (κ1) is 8.03. The molecular formula is C6H7N2O2S. The molecule has 0 amide bonds. The van der Waals surface area contributed by atoms with E-state index in [0.29, 0.717) is 5.69 Å². The second kappa shape index (κ2) is 2.52. The van der Waals surface area contributed by atoms with E-state index >= 15 is 0 Å². The van der Waals surface area contributed by atoms with Crippen molar-refractivity contribution in [2.75, 3.05) is 5.73 Å². The van der Waals surface area contributed by atoms with E-state index in [1.54, 1.807) is 0 Å². The number of nitrogens with one attached hydrogen (secondary N) is 1. The first-order valence-corrected chi connectivity index (χ1v) is 4.33. The molecule has 0 fully saturated rings. The van der Waals surface area contributed by atoms with Crippen LogP contribution in [0.2, 0.25) is 0 Å². The highest BCUT2D eigenvalue weighted by Crippen LogP contribution is 2.09.